The first-order valence-corrected chi connectivity index (χ1v) is 7.79. The molecule has 2 unspecified atom stereocenters. The average molecular weight is 301 g/mol. The summed E-state index contributed by atoms with van der Waals surface area (Å²) in [5, 5.41) is 7.27. The maximum atomic E-state index is 11.8. The van der Waals surface area contributed by atoms with Crippen molar-refractivity contribution in [2.45, 2.75) is 32.1 Å². The van der Waals surface area contributed by atoms with Crippen molar-refractivity contribution in [1.82, 2.24) is 4.72 Å². The lowest BCUT2D eigenvalue weighted by molar-refractivity contribution is -0.136. The van der Waals surface area contributed by atoms with E-state index in [1.165, 1.54) is 0 Å². The summed E-state index contributed by atoms with van der Waals surface area (Å²) in [5.74, 6) is -0.679. The molecular formula is C13H19NO5S. The molecule has 0 radical (unpaired) electrons. The van der Waals surface area contributed by atoms with Gasteiger partial charge in [0.25, 0.3) is 0 Å². The number of nitrogens with one attached hydrogen (secondary N) is 1. The maximum absolute atomic E-state index is 11.8. The van der Waals surface area contributed by atoms with Crippen LogP contribution in [0.25, 0.3) is 0 Å². The Morgan fingerprint density at radius 2 is 1.85 bits per heavy atom. The summed E-state index contributed by atoms with van der Waals surface area (Å²) in [4.78, 5) is 10.7. The number of carboxylic acid groups (broad SMARTS) is 1. The highest BCUT2D eigenvalue weighted by Gasteiger charge is 2.29. The van der Waals surface area contributed by atoms with E-state index in [4.69, 9.17) is 9.84 Å². The van der Waals surface area contributed by atoms with Crippen LogP contribution in [0.4, 0.5) is 0 Å². The first-order chi connectivity index (χ1) is 9.27. The zero-order chi connectivity index (χ0) is 15.3. The molecule has 1 aromatic rings. The molecular weight excluding hydrogens is 282 g/mol. The molecule has 0 saturated carbocycles. The number of rotatable bonds is 7. The van der Waals surface area contributed by atoms with Crippen molar-refractivity contribution in [3.63, 3.8) is 0 Å². The Bertz CT molecular complexity index is 553. The first-order valence-electron chi connectivity index (χ1n) is 6.24. The normalized spacial score (nSPS) is 14.6. The number of hydrogen-bond acceptors (Lipinski definition) is 4. The van der Waals surface area contributed by atoms with Gasteiger partial charge in [-0.25, -0.2) is 13.1 Å². The minimum atomic E-state index is -3.91. The van der Waals surface area contributed by atoms with Crippen molar-refractivity contribution in [2.75, 3.05) is 6.61 Å². The summed E-state index contributed by atoms with van der Waals surface area (Å²) >= 11 is 0. The van der Waals surface area contributed by atoms with Crippen molar-refractivity contribution in [3.05, 3.63) is 29.8 Å². The fourth-order valence-electron chi connectivity index (χ4n) is 1.57. The number of benzene rings is 1. The third-order valence-corrected chi connectivity index (χ3v) is 4.66. The molecule has 7 heteroatoms. The van der Waals surface area contributed by atoms with Gasteiger partial charge in [0.05, 0.1) is 6.61 Å². The molecule has 20 heavy (non-hydrogen) atoms. The van der Waals surface area contributed by atoms with Crippen LogP contribution in [0.1, 0.15) is 32.4 Å². The summed E-state index contributed by atoms with van der Waals surface area (Å²) < 4.78 is 31.3. The van der Waals surface area contributed by atoms with Gasteiger partial charge in [-0.3, -0.25) is 4.79 Å². The van der Waals surface area contributed by atoms with E-state index in [1.54, 1.807) is 31.2 Å². The summed E-state index contributed by atoms with van der Waals surface area (Å²) in [5.41, 5.74) is 0.731. The van der Waals surface area contributed by atoms with Gasteiger partial charge in [0.2, 0.25) is 10.0 Å². The van der Waals surface area contributed by atoms with Crippen molar-refractivity contribution < 1.29 is 23.1 Å². The van der Waals surface area contributed by atoms with Crippen LogP contribution in [0.15, 0.2) is 24.3 Å². The molecule has 0 aliphatic rings. The summed E-state index contributed by atoms with van der Waals surface area (Å²) in [7, 11) is -3.91. The third-order valence-electron chi connectivity index (χ3n) is 2.85. The van der Waals surface area contributed by atoms with E-state index in [1.807, 2.05) is 6.92 Å². The Labute approximate surface area is 118 Å². The topological polar surface area (TPSA) is 92.7 Å². The fraction of sp³-hybridized carbons (Fsp3) is 0.462. The van der Waals surface area contributed by atoms with Crippen molar-refractivity contribution in [2.24, 2.45) is 0 Å². The first kappa shape index (κ1) is 16.5. The molecule has 0 aliphatic heterocycles. The van der Waals surface area contributed by atoms with Crippen molar-refractivity contribution in [1.29, 1.82) is 0 Å². The van der Waals surface area contributed by atoms with Crippen LogP contribution in [0.5, 0.6) is 5.75 Å². The minimum absolute atomic E-state index is 0.516. The molecule has 0 aromatic heterocycles. The van der Waals surface area contributed by atoms with Gasteiger partial charge in [-0.2, -0.15) is 0 Å². The zero-order valence-corrected chi connectivity index (χ0v) is 12.5. The van der Waals surface area contributed by atoms with Crippen LogP contribution >= 0.6 is 0 Å². The van der Waals surface area contributed by atoms with E-state index >= 15 is 0 Å². The fourth-order valence-corrected chi connectivity index (χ4v) is 2.67. The minimum Gasteiger partial charge on any atom is -0.494 e. The Hall–Kier alpha value is -1.60. The number of carboxylic acids is 1. The van der Waals surface area contributed by atoms with Gasteiger partial charge < -0.3 is 9.84 Å². The molecule has 0 heterocycles. The van der Waals surface area contributed by atoms with Crippen LogP contribution in [-0.4, -0.2) is 31.4 Å². The molecule has 0 spiro atoms. The number of hydrogen-bond donors (Lipinski definition) is 2. The van der Waals surface area contributed by atoms with E-state index in [-0.39, 0.29) is 0 Å². The second-order valence-corrected chi connectivity index (χ2v) is 6.40. The molecule has 1 aromatic carbocycles. The molecule has 112 valence electrons. The monoisotopic (exact) mass is 301 g/mol. The van der Waals surface area contributed by atoms with E-state index in [0.717, 1.165) is 12.5 Å². The Balaban J connectivity index is 2.80. The van der Waals surface area contributed by atoms with Gasteiger partial charge in [0.1, 0.15) is 5.75 Å². The van der Waals surface area contributed by atoms with Crippen molar-refractivity contribution in [3.8, 4) is 5.75 Å². The van der Waals surface area contributed by atoms with Gasteiger partial charge in [-0.15, -0.1) is 0 Å². The predicted octanol–water partition coefficient (Wildman–Crippen LogP) is 1.54. The largest absolute Gasteiger partial charge is 0.494 e. The zero-order valence-electron chi connectivity index (χ0n) is 11.7. The smallest absolute Gasteiger partial charge is 0.323 e. The highest BCUT2D eigenvalue weighted by molar-refractivity contribution is 7.90. The second kappa shape index (κ2) is 6.71. The highest BCUT2D eigenvalue weighted by Crippen LogP contribution is 2.19. The average Bonchev–Trinajstić information content (AvgIpc) is 2.38. The van der Waals surface area contributed by atoms with Gasteiger partial charge in [-0.1, -0.05) is 12.1 Å². The Morgan fingerprint density at radius 3 is 2.30 bits per heavy atom. The van der Waals surface area contributed by atoms with Gasteiger partial charge in [-0.05, 0) is 38.5 Å². The lowest BCUT2D eigenvalue weighted by Crippen LogP contribution is -2.38. The highest BCUT2D eigenvalue weighted by atomic mass is 32.2. The summed E-state index contributed by atoms with van der Waals surface area (Å²) in [6.45, 7) is 5.22. The van der Waals surface area contributed by atoms with Crippen LogP contribution in [-0.2, 0) is 14.8 Å². The van der Waals surface area contributed by atoms with E-state index in [9.17, 15) is 13.2 Å². The molecule has 0 amide bonds. The quantitative estimate of drug-likeness (QED) is 0.797. The summed E-state index contributed by atoms with van der Waals surface area (Å²) in [6.07, 6.45) is 0. The van der Waals surface area contributed by atoms with E-state index in [0.29, 0.717) is 12.4 Å². The standard InChI is InChI=1S/C13H19NO5S/c1-4-19-12-7-5-11(6-8-12)9(2)14-20(17,18)10(3)13(15)16/h5-10,14H,4H2,1-3H3,(H,15,16). The summed E-state index contributed by atoms with van der Waals surface area (Å²) in [6, 6.07) is 6.44. The predicted molar refractivity (Wildman–Crippen MR) is 75.2 cm³/mol. The molecule has 0 saturated heterocycles. The number of carbonyl (C=O) groups is 1. The molecule has 2 N–H and O–H groups in total. The molecule has 6 nitrogen and oxygen atoms in total. The van der Waals surface area contributed by atoms with Crippen molar-refractivity contribution >= 4 is 16.0 Å². The molecule has 0 fully saturated rings. The van der Waals surface area contributed by atoms with Crippen LogP contribution < -0.4 is 9.46 Å². The molecule has 2 atom stereocenters. The number of ether oxygens (including phenoxy) is 1. The Morgan fingerprint density at radius 1 is 1.30 bits per heavy atom. The van der Waals surface area contributed by atoms with E-state index in [2.05, 4.69) is 4.72 Å². The molecule has 0 aliphatic carbocycles. The second-order valence-electron chi connectivity index (χ2n) is 4.37. The SMILES string of the molecule is CCOc1ccc(C(C)NS(=O)(=O)C(C)C(=O)O)cc1. The van der Waals surface area contributed by atoms with Gasteiger partial charge >= 0.3 is 5.97 Å². The van der Waals surface area contributed by atoms with Gasteiger partial charge in [0.15, 0.2) is 5.25 Å². The Kier molecular flexibility index (Phi) is 5.52. The number of sulfonamides is 1. The van der Waals surface area contributed by atoms with Gasteiger partial charge in [0, 0.05) is 6.04 Å². The third kappa shape index (κ3) is 4.21. The van der Waals surface area contributed by atoms with Crippen LogP contribution in [0.3, 0.4) is 0 Å². The molecule has 1 rings (SSSR count). The number of aliphatic carboxylic acids is 1. The lowest BCUT2D eigenvalue weighted by atomic mass is 10.1. The van der Waals surface area contributed by atoms with Crippen LogP contribution in [0.2, 0.25) is 0 Å². The maximum Gasteiger partial charge on any atom is 0.323 e. The van der Waals surface area contributed by atoms with Crippen LogP contribution in [0, 0.1) is 0 Å². The van der Waals surface area contributed by atoms with E-state index < -0.39 is 27.3 Å². The molecule has 0 bridgehead atoms. The lowest BCUT2D eigenvalue weighted by Gasteiger charge is -2.17.